The number of aliphatic hydroxyl groups excluding tert-OH is 1. The molecule has 4 aromatic rings. The van der Waals surface area contributed by atoms with Crippen molar-refractivity contribution in [2.75, 3.05) is 32.2 Å². The third-order valence-electron chi connectivity index (χ3n) is 9.02. The molecule has 8 nitrogen and oxygen atoms in total. The molecule has 7 rings (SSSR count). The Balaban J connectivity index is 1.18. The molecule has 42 heavy (non-hydrogen) atoms. The summed E-state index contributed by atoms with van der Waals surface area (Å²) < 4.78 is 11.1. The number of nitrogens with zero attached hydrogens (tertiary/aromatic N) is 2. The van der Waals surface area contributed by atoms with Crippen molar-refractivity contribution in [2.45, 2.75) is 38.0 Å². The summed E-state index contributed by atoms with van der Waals surface area (Å²) in [6.45, 7) is 3.66. The monoisotopic (exact) mass is 606 g/mol. The molecular formula is C32H32Cl2N4O4. The number of aromatic amines is 1. The summed E-state index contributed by atoms with van der Waals surface area (Å²) in [5.41, 5.74) is 6.36. The number of amides is 2. The van der Waals surface area contributed by atoms with Crippen molar-refractivity contribution in [3.8, 4) is 22.6 Å². The SMILES string of the molecule is C[C@H](O)[C@@H]1CN2CCc3c([nH]c4ccc(-c5ccc6c(c5)OCO6)cc34)[C@@H]2C[C@@H]1N(C)C(=O)Nc1cc(Cl)cc(Cl)c1. The highest BCUT2D eigenvalue weighted by Gasteiger charge is 2.44. The average molecular weight is 608 g/mol. The van der Waals surface area contributed by atoms with Crippen molar-refractivity contribution in [1.82, 2.24) is 14.8 Å². The van der Waals surface area contributed by atoms with E-state index in [4.69, 9.17) is 32.7 Å². The topological polar surface area (TPSA) is 90.1 Å². The normalized spacial score (nSPS) is 22.0. The zero-order chi connectivity index (χ0) is 29.1. The van der Waals surface area contributed by atoms with Crippen molar-refractivity contribution in [1.29, 1.82) is 0 Å². The number of halogens is 2. The van der Waals surface area contributed by atoms with E-state index in [-0.39, 0.29) is 30.8 Å². The molecule has 0 bridgehead atoms. The molecule has 4 atom stereocenters. The molecular weight excluding hydrogens is 575 g/mol. The lowest BCUT2D eigenvalue weighted by molar-refractivity contribution is -0.0177. The number of fused-ring (bicyclic) bond motifs is 6. The lowest BCUT2D eigenvalue weighted by atomic mass is 9.80. The number of aromatic nitrogens is 1. The van der Waals surface area contributed by atoms with Crippen molar-refractivity contribution in [3.63, 3.8) is 0 Å². The minimum atomic E-state index is -0.569. The Bertz CT molecular complexity index is 1670. The largest absolute Gasteiger partial charge is 0.454 e. The van der Waals surface area contributed by atoms with Gasteiger partial charge in [0.05, 0.1) is 12.1 Å². The molecule has 1 fully saturated rings. The Morgan fingerprint density at radius 3 is 2.60 bits per heavy atom. The molecule has 1 saturated heterocycles. The van der Waals surface area contributed by atoms with Gasteiger partial charge in [-0.1, -0.05) is 35.3 Å². The predicted molar refractivity (Wildman–Crippen MR) is 165 cm³/mol. The number of benzene rings is 3. The molecule has 0 unspecified atom stereocenters. The van der Waals surface area contributed by atoms with Gasteiger partial charge in [-0.05, 0) is 78.9 Å². The van der Waals surface area contributed by atoms with Crippen LogP contribution in [0.4, 0.5) is 10.5 Å². The summed E-state index contributed by atoms with van der Waals surface area (Å²) in [7, 11) is 1.80. The van der Waals surface area contributed by atoms with Gasteiger partial charge in [-0.2, -0.15) is 0 Å². The Kier molecular flexibility index (Phi) is 6.97. The average Bonchev–Trinajstić information content (AvgIpc) is 3.59. The second-order valence-corrected chi connectivity index (χ2v) is 12.4. The van der Waals surface area contributed by atoms with E-state index in [1.165, 1.54) is 16.6 Å². The fraction of sp³-hybridized carbons (Fsp3) is 0.344. The lowest BCUT2D eigenvalue weighted by Crippen LogP contribution is -2.57. The van der Waals surface area contributed by atoms with Crippen LogP contribution in [0, 0.1) is 5.92 Å². The van der Waals surface area contributed by atoms with Crippen LogP contribution in [-0.4, -0.2) is 65.0 Å². The first-order valence-corrected chi connectivity index (χ1v) is 15.0. The number of urea groups is 1. The third-order valence-corrected chi connectivity index (χ3v) is 9.46. The van der Waals surface area contributed by atoms with E-state index in [1.807, 2.05) is 19.1 Å². The molecule has 3 N–H and O–H groups in total. The third kappa shape index (κ3) is 4.86. The highest BCUT2D eigenvalue weighted by molar-refractivity contribution is 6.35. The van der Waals surface area contributed by atoms with Crippen molar-refractivity contribution < 1.29 is 19.4 Å². The molecule has 10 heteroatoms. The summed E-state index contributed by atoms with van der Waals surface area (Å²) in [6.07, 6.45) is 1.05. The molecule has 1 aromatic heterocycles. The van der Waals surface area contributed by atoms with Crippen molar-refractivity contribution in [2.24, 2.45) is 5.92 Å². The quantitative estimate of drug-likeness (QED) is 0.240. The summed E-state index contributed by atoms with van der Waals surface area (Å²) in [6, 6.07) is 17.2. The van der Waals surface area contributed by atoms with Crippen LogP contribution >= 0.6 is 23.2 Å². The first kappa shape index (κ1) is 27.4. The van der Waals surface area contributed by atoms with Gasteiger partial charge >= 0.3 is 6.03 Å². The van der Waals surface area contributed by atoms with Gasteiger partial charge in [0.2, 0.25) is 6.79 Å². The molecule has 0 saturated carbocycles. The predicted octanol–water partition coefficient (Wildman–Crippen LogP) is 6.70. The van der Waals surface area contributed by atoms with Crippen LogP contribution < -0.4 is 14.8 Å². The summed E-state index contributed by atoms with van der Waals surface area (Å²) >= 11 is 12.3. The number of rotatable bonds is 4. The number of carbonyl (C=O) groups is 1. The molecule has 4 heterocycles. The van der Waals surface area contributed by atoms with Gasteiger partial charge in [0, 0.05) is 64.4 Å². The van der Waals surface area contributed by atoms with Crippen molar-refractivity contribution >= 4 is 45.8 Å². The van der Waals surface area contributed by atoms with E-state index in [0.717, 1.165) is 41.1 Å². The van der Waals surface area contributed by atoms with Crippen LogP contribution in [0.3, 0.4) is 0 Å². The van der Waals surface area contributed by atoms with Gasteiger partial charge in [-0.3, -0.25) is 4.90 Å². The van der Waals surface area contributed by atoms with Gasteiger partial charge in [0.15, 0.2) is 11.5 Å². The zero-order valence-corrected chi connectivity index (χ0v) is 24.9. The molecule has 0 spiro atoms. The number of hydrogen-bond donors (Lipinski definition) is 3. The minimum absolute atomic E-state index is 0.0940. The van der Waals surface area contributed by atoms with E-state index in [0.29, 0.717) is 28.7 Å². The van der Waals surface area contributed by atoms with Crippen LogP contribution in [-0.2, 0) is 6.42 Å². The van der Waals surface area contributed by atoms with Gasteiger partial charge < -0.3 is 29.8 Å². The number of carbonyl (C=O) groups excluding carboxylic acids is 1. The molecule has 0 radical (unpaired) electrons. The number of hydrogen-bond acceptors (Lipinski definition) is 5. The maximum Gasteiger partial charge on any atom is 0.321 e. The van der Waals surface area contributed by atoms with E-state index >= 15 is 0 Å². The summed E-state index contributed by atoms with van der Waals surface area (Å²) in [4.78, 5) is 21.3. The number of ether oxygens (including phenoxy) is 2. The zero-order valence-electron chi connectivity index (χ0n) is 23.4. The number of nitrogens with one attached hydrogen (secondary N) is 2. The Morgan fingerprint density at radius 1 is 1.07 bits per heavy atom. The maximum absolute atomic E-state index is 13.4. The highest BCUT2D eigenvalue weighted by Crippen LogP contribution is 2.44. The van der Waals surface area contributed by atoms with Crippen LogP contribution in [0.25, 0.3) is 22.0 Å². The number of H-pyrrole nitrogens is 1. The Labute approximate surface area is 254 Å². The Morgan fingerprint density at radius 2 is 1.81 bits per heavy atom. The van der Waals surface area contributed by atoms with Crippen LogP contribution in [0.5, 0.6) is 11.5 Å². The fourth-order valence-electron chi connectivity index (χ4n) is 6.86. The molecule has 3 aliphatic rings. The summed E-state index contributed by atoms with van der Waals surface area (Å²) in [5, 5.41) is 15.8. The lowest BCUT2D eigenvalue weighted by Gasteiger charge is -2.49. The maximum atomic E-state index is 13.4. The second-order valence-electron chi connectivity index (χ2n) is 11.5. The molecule has 3 aromatic carbocycles. The number of aliphatic hydroxyl groups is 1. The first-order chi connectivity index (χ1) is 20.2. The first-order valence-electron chi connectivity index (χ1n) is 14.2. The highest BCUT2D eigenvalue weighted by atomic mass is 35.5. The van der Waals surface area contributed by atoms with Crippen molar-refractivity contribution in [3.05, 3.63) is 75.9 Å². The minimum Gasteiger partial charge on any atom is -0.454 e. The van der Waals surface area contributed by atoms with Gasteiger partial charge in [-0.25, -0.2) is 4.79 Å². The van der Waals surface area contributed by atoms with E-state index in [9.17, 15) is 9.90 Å². The second kappa shape index (κ2) is 10.7. The van der Waals surface area contributed by atoms with E-state index in [2.05, 4.69) is 39.5 Å². The number of anilines is 1. The van der Waals surface area contributed by atoms with Gasteiger partial charge in [0.1, 0.15) is 0 Å². The molecule has 218 valence electrons. The molecule has 3 aliphatic heterocycles. The van der Waals surface area contributed by atoms with Gasteiger partial charge in [-0.15, -0.1) is 0 Å². The van der Waals surface area contributed by atoms with Crippen LogP contribution in [0.1, 0.15) is 30.6 Å². The van der Waals surface area contributed by atoms with Crippen LogP contribution in [0.15, 0.2) is 54.6 Å². The smallest absolute Gasteiger partial charge is 0.321 e. The Hall–Kier alpha value is -3.43. The fourth-order valence-corrected chi connectivity index (χ4v) is 7.39. The van der Waals surface area contributed by atoms with Gasteiger partial charge in [0.25, 0.3) is 0 Å². The standard InChI is InChI=1S/C32H32Cl2N4O4/c1-17(39)25-15-38-8-7-23-24-9-18(19-4-6-29-30(10-19)42-16-41-29)3-5-26(24)36-31(23)28(38)14-27(25)37(2)32(40)35-22-12-20(33)11-21(34)13-22/h3-6,9-13,17,25,27-28,36,39H,7-8,14-16H2,1-2H3,(H,35,40)/t17-,25-,27-,28-/m0/s1. The van der Waals surface area contributed by atoms with Crippen LogP contribution in [0.2, 0.25) is 10.0 Å². The molecule has 2 amide bonds. The summed E-state index contributed by atoms with van der Waals surface area (Å²) in [5.74, 6) is 1.45. The van der Waals surface area contributed by atoms with E-state index < -0.39 is 6.10 Å². The van der Waals surface area contributed by atoms with E-state index in [1.54, 1.807) is 30.1 Å². The molecule has 0 aliphatic carbocycles. The number of piperidine rings is 1.